The van der Waals surface area contributed by atoms with Crippen LogP contribution in [0.1, 0.15) is 25.7 Å². The van der Waals surface area contributed by atoms with Crippen molar-refractivity contribution in [3.05, 3.63) is 0 Å². The van der Waals surface area contributed by atoms with Gasteiger partial charge in [0.05, 0.1) is 12.7 Å². The highest BCUT2D eigenvalue weighted by Gasteiger charge is 2.13. The second kappa shape index (κ2) is 13.8. The number of ether oxygens (including phenoxy) is 2. The first kappa shape index (κ1) is 22.4. The summed E-state index contributed by atoms with van der Waals surface area (Å²) in [5.41, 5.74) is 0. The van der Waals surface area contributed by atoms with E-state index >= 15 is 0 Å². The molecule has 2 N–H and O–H groups in total. The summed E-state index contributed by atoms with van der Waals surface area (Å²) in [5.74, 6) is 0.617. The van der Waals surface area contributed by atoms with Gasteiger partial charge in [-0.1, -0.05) is 0 Å². The highest BCUT2D eigenvalue weighted by molar-refractivity contribution is 14.0. The third kappa shape index (κ3) is 10.7. The van der Waals surface area contributed by atoms with E-state index in [1.54, 1.807) is 21.2 Å². The molecule has 0 bridgehead atoms. The van der Waals surface area contributed by atoms with Crippen molar-refractivity contribution in [3.8, 4) is 0 Å². The molecule has 23 heavy (non-hydrogen) atoms. The highest BCUT2D eigenvalue weighted by Crippen LogP contribution is 2.14. The fourth-order valence-corrected chi connectivity index (χ4v) is 2.12. The van der Waals surface area contributed by atoms with Crippen molar-refractivity contribution >= 4 is 35.8 Å². The summed E-state index contributed by atoms with van der Waals surface area (Å²) < 4.78 is 10.7. The van der Waals surface area contributed by atoms with Crippen LogP contribution in [-0.2, 0) is 14.3 Å². The van der Waals surface area contributed by atoms with Crippen LogP contribution in [0.3, 0.4) is 0 Å². The molecule has 7 nitrogen and oxygen atoms in total. The van der Waals surface area contributed by atoms with E-state index in [1.165, 1.54) is 17.7 Å². The van der Waals surface area contributed by atoms with Crippen LogP contribution in [-0.4, -0.2) is 76.9 Å². The lowest BCUT2D eigenvalue weighted by Gasteiger charge is -2.23. The molecule has 1 rings (SSSR count). The molecule has 136 valence electrons. The number of rotatable bonds is 8. The SMILES string of the molecule is COCCNC(=NCC(=O)N(C)C)NCCC1CCCCO1.I. The largest absolute Gasteiger partial charge is 0.383 e. The molecule has 1 amide bonds. The Morgan fingerprint density at radius 3 is 2.65 bits per heavy atom. The monoisotopic (exact) mass is 442 g/mol. The van der Waals surface area contributed by atoms with Crippen molar-refractivity contribution in [2.24, 2.45) is 4.99 Å². The van der Waals surface area contributed by atoms with Crippen LogP contribution in [0, 0.1) is 0 Å². The van der Waals surface area contributed by atoms with E-state index in [0.717, 1.165) is 26.0 Å². The van der Waals surface area contributed by atoms with Crippen LogP contribution < -0.4 is 10.6 Å². The molecule has 1 fully saturated rings. The van der Waals surface area contributed by atoms with Gasteiger partial charge in [-0.2, -0.15) is 0 Å². The Labute approximate surface area is 156 Å². The van der Waals surface area contributed by atoms with Crippen LogP contribution in [0.2, 0.25) is 0 Å². The molecule has 1 heterocycles. The maximum atomic E-state index is 11.6. The average molecular weight is 442 g/mol. The molecule has 1 unspecified atom stereocenters. The first-order chi connectivity index (χ1) is 10.6. The lowest BCUT2D eigenvalue weighted by atomic mass is 10.1. The topological polar surface area (TPSA) is 75.2 Å². The minimum atomic E-state index is -0.0246. The fraction of sp³-hybridized carbons (Fsp3) is 0.867. The minimum Gasteiger partial charge on any atom is -0.383 e. The molecule has 1 aliphatic rings. The Hall–Kier alpha value is -0.610. The number of amides is 1. The summed E-state index contributed by atoms with van der Waals surface area (Å²) in [5, 5.41) is 6.41. The summed E-state index contributed by atoms with van der Waals surface area (Å²) in [6.45, 7) is 3.02. The van der Waals surface area contributed by atoms with Gasteiger partial charge in [0.1, 0.15) is 6.54 Å². The van der Waals surface area contributed by atoms with Gasteiger partial charge in [0, 0.05) is 40.9 Å². The van der Waals surface area contributed by atoms with Crippen LogP contribution in [0.15, 0.2) is 4.99 Å². The molecule has 1 atom stereocenters. The summed E-state index contributed by atoms with van der Waals surface area (Å²) >= 11 is 0. The van der Waals surface area contributed by atoms with Gasteiger partial charge < -0.3 is 25.0 Å². The predicted molar refractivity (Wildman–Crippen MR) is 103 cm³/mol. The lowest BCUT2D eigenvalue weighted by molar-refractivity contribution is -0.127. The number of aliphatic imine (C=N–C) groups is 1. The molecule has 0 spiro atoms. The van der Waals surface area contributed by atoms with Gasteiger partial charge >= 0.3 is 0 Å². The number of nitrogens with zero attached hydrogens (tertiary/aromatic N) is 2. The normalized spacial score (nSPS) is 18.0. The fourth-order valence-electron chi connectivity index (χ4n) is 2.12. The van der Waals surface area contributed by atoms with E-state index in [1.807, 2.05) is 0 Å². The van der Waals surface area contributed by atoms with E-state index in [9.17, 15) is 4.79 Å². The predicted octanol–water partition coefficient (Wildman–Crippen LogP) is 0.833. The number of likely N-dealkylation sites (N-methyl/N-ethyl adjacent to an activating group) is 1. The molecular weight excluding hydrogens is 411 g/mol. The number of hydrogen-bond donors (Lipinski definition) is 2. The van der Waals surface area contributed by atoms with E-state index in [2.05, 4.69) is 15.6 Å². The molecule has 0 radical (unpaired) electrons. The molecule has 0 saturated carbocycles. The Bertz CT molecular complexity index is 348. The standard InChI is InChI=1S/C15H30N4O3.HI/c1-19(2)14(20)12-18-15(17-9-11-21-3)16-8-7-13-6-4-5-10-22-13;/h13H,4-12H2,1-3H3,(H2,16,17,18);1H. The van der Waals surface area contributed by atoms with E-state index in [-0.39, 0.29) is 36.4 Å². The third-order valence-corrected chi connectivity index (χ3v) is 3.50. The molecular formula is C15H31IN4O3. The van der Waals surface area contributed by atoms with Crippen molar-refractivity contribution < 1.29 is 14.3 Å². The van der Waals surface area contributed by atoms with E-state index in [4.69, 9.17) is 9.47 Å². The van der Waals surface area contributed by atoms with Gasteiger partial charge in [0.2, 0.25) is 5.91 Å². The minimum absolute atomic E-state index is 0. The zero-order valence-electron chi connectivity index (χ0n) is 14.5. The molecule has 0 aromatic carbocycles. The van der Waals surface area contributed by atoms with E-state index < -0.39 is 0 Å². The third-order valence-electron chi connectivity index (χ3n) is 3.50. The summed E-state index contributed by atoms with van der Waals surface area (Å²) in [4.78, 5) is 17.5. The van der Waals surface area contributed by atoms with Crippen molar-refractivity contribution in [2.75, 3.05) is 54.1 Å². The first-order valence-corrected chi connectivity index (χ1v) is 7.96. The van der Waals surface area contributed by atoms with Crippen LogP contribution in [0.4, 0.5) is 0 Å². The second-order valence-electron chi connectivity index (χ2n) is 5.58. The van der Waals surface area contributed by atoms with Crippen LogP contribution in [0.5, 0.6) is 0 Å². The number of carbonyl (C=O) groups is 1. The first-order valence-electron chi connectivity index (χ1n) is 7.96. The van der Waals surface area contributed by atoms with Crippen molar-refractivity contribution in [3.63, 3.8) is 0 Å². The molecule has 0 aromatic rings. The van der Waals surface area contributed by atoms with Crippen LogP contribution in [0.25, 0.3) is 0 Å². The van der Waals surface area contributed by atoms with Crippen molar-refractivity contribution in [1.82, 2.24) is 15.5 Å². The van der Waals surface area contributed by atoms with Gasteiger partial charge in [-0.05, 0) is 25.7 Å². The summed E-state index contributed by atoms with van der Waals surface area (Å²) in [6, 6.07) is 0. The second-order valence-corrected chi connectivity index (χ2v) is 5.58. The quantitative estimate of drug-likeness (QED) is 0.252. The van der Waals surface area contributed by atoms with Gasteiger partial charge in [0.15, 0.2) is 5.96 Å². The number of hydrogen-bond acceptors (Lipinski definition) is 4. The molecule has 1 saturated heterocycles. The maximum absolute atomic E-state index is 11.6. The zero-order chi connectivity index (χ0) is 16.2. The van der Waals surface area contributed by atoms with Gasteiger partial charge in [-0.15, -0.1) is 24.0 Å². The number of halogens is 1. The zero-order valence-corrected chi connectivity index (χ0v) is 16.8. The Morgan fingerprint density at radius 1 is 1.30 bits per heavy atom. The van der Waals surface area contributed by atoms with E-state index in [0.29, 0.717) is 25.2 Å². The Kier molecular flexibility index (Phi) is 13.4. The van der Waals surface area contributed by atoms with Gasteiger partial charge in [-0.25, -0.2) is 4.99 Å². The smallest absolute Gasteiger partial charge is 0.243 e. The number of carbonyl (C=O) groups excluding carboxylic acids is 1. The van der Waals surface area contributed by atoms with Gasteiger partial charge in [0.25, 0.3) is 0 Å². The lowest BCUT2D eigenvalue weighted by Crippen LogP contribution is -2.41. The van der Waals surface area contributed by atoms with Crippen molar-refractivity contribution in [1.29, 1.82) is 0 Å². The number of nitrogens with one attached hydrogen (secondary N) is 2. The molecule has 0 aromatic heterocycles. The average Bonchev–Trinajstić information content (AvgIpc) is 2.52. The Balaban J connectivity index is 0.00000484. The summed E-state index contributed by atoms with van der Waals surface area (Å²) in [6.07, 6.45) is 4.83. The van der Waals surface area contributed by atoms with Crippen molar-refractivity contribution in [2.45, 2.75) is 31.8 Å². The molecule has 1 aliphatic heterocycles. The summed E-state index contributed by atoms with van der Waals surface area (Å²) in [7, 11) is 5.11. The molecule has 8 heteroatoms. The highest BCUT2D eigenvalue weighted by atomic mass is 127. The maximum Gasteiger partial charge on any atom is 0.243 e. The number of methoxy groups -OCH3 is 1. The van der Waals surface area contributed by atoms with Crippen LogP contribution >= 0.6 is 24.0 Å². The molecule has 0 aliphatic carbocycles. The number of guanidine groups is 1. The van der Waals surface area contributed by atoms with Gasteiger partial charge in [-0.3, -0.25) is 4.79 Å². The Morgan fingerprint density at radius 2 is 2.04 bits per heavy atom.